The highest BCUT2D eigenvalue weighted by Crippen LogP contribution is 2.37. The summed E-state index contributed by atoms with van der Waals surface area (Å²) in [6.45, 7) is 0. The molecule has 0 aliphatic carbocycles. The Kier molecular flexibility index (Phi) is 4.33. The number of hydrogen-bond acceptors (Lipinski definition) is 5. The number of phenols is 1. The van der Waals surface area contributed by atoms with Crippen molar-refractivity contribution in [1.82, 2.24) is 0 Å². The molecule has 0 fully saturated rings. The van der Waals surface area contributed by atoms with Crippen LogP contribution < -0.4 is 10.5 Å². The van der Waals surface area contributed by atoms with Gasteiger partial charge >= 0.3 is 0 Å². The van der Waals surface area contributed by atoms with Gasteiger partial charge in [0.15, 0.2) is 17.6 Å². The minimum absolute atomic E-state index is 0.0532. The maximum atomic E-state index is 10.8. The van der Waals surface area contributed by atoms with Crippen molar-refractivity contribution in [1.29, 1.82) is 0 Å². The standard InChI is InChI=1S/C10H12BrNO5/c1-17-6-3-4(11)2-5(7(6)13)8(14)9(15)10(12)16/h2-3,8-9,13-15H,1H3,(H2,12,16). The highest BCUT2D eigenvalue weighted by Gasteiger charge is 2.27. The molecule has 0 heterocycles. The van der Waals surface area contributed by atoms with Crippen LogP contribution in [0.1, 0.15) is 11.7 Å². The maximum absolute atomic E-state index is 10.8. The molecular formula is C10H12BrNO5. The Labute approximate surface area is 106 Å². The lowest BCUT2D eigenvalue weighted by molar-refractivity contribution is -0.132. The summed E-state index contributed by atoms with van der Waals surface area (Å²) in [5.74, 6) is -1.34. The highest BCUT2D eigenvalue weighted by atomic mass is 79.9. The SMILES string of the molecule is COc1cc(Br)cc(C(O)C(O)C(N)=O)c1O. The Hall–Kier alpha value is -1.31. The summed E-state index contributed by atoms with van der Waals surface area (Å²) >= 11 is 3.14. The van der Waals surface area contributed by atoms with Crippen molar-refractivity contribution in [2.45, 2.75) is 12.2 Å². The summed E-state index contributed by atoms with van der Waals surface area (Å²) in [5, 5.41) is 28.8. The fraction of sp³-hybridized carbons (Fsp3) is 0.300. The van der Waals surface area contributed by atoms with Crippen LogP contribution in [0.25, 0.3) is 0 Å². The Bertz CT molecular complexity index is 437. The summed E-state index contributed by atoms with van der Waals surface area (Å²) in [5.41, 5.74) is 4.81. The Morgan fingerprint density at radius 3 is 2.53 bits per heavy atom. The first-order valence-corrected chi connectivity index (χ1v) is 5.39. The number of aliphatic hydroxyl groups is 2. The van der Waals surface area contributed by atoms with Gasteiger partial charge in [-0.2, -0.15) is 0 Å². The van der Waals surface area contributed by atoms with Crippen LogP contribution >= 0.6 is 15.9 Å². The molecule has 0 saturated carbocycles. The van der Waals surface area contributed by atoms with E-state index >= 15 is 0 Å². The average molecular weight is 306 g/mol. The van der Waals surface area contributed by atoms with Crippen LogP contribution in [0.4, 0.5) is 0 Å². The Morgan fingerprint density at radius 1 is 1.47 bits per heavy atom. The van der Waals surface area contributed by atoms with E-state index in [0.717, 1.165) is 0 Å². The van der Waals surface area contributed by atoms with Gasteiger partial charge in [-0.3, -0.25) is 4.79 Å². The van der Waals surface area contributed by atoms with E-state index in [9.17, 15) is 20.1 Å². The van der Waals surface area contributed by atoms with Gasteiger partial charge in [-0.15, -0.1) is 0 Å². The van der Waals surface area contributed by atoms with Crippen LogP contribution in [0.15, 0.2) is 16.6 Å². The molecule has 1 aromatic carbocycles. The number of amides is 1. The molecule has 0 aliphatic rings. The number of carbonyl (C=O) groups is 1. The summed E-state index contributed by atoms with van der Waals surface area (Å²) in [4.78, 5) is 10.8. The van der Waals surface area contributed by atoms with Gasteiger partial charge in [0, 0.05) is 10.0 Å². The van der Waals surface area contributed by atoms with Crippen LogP contribution in [-0.4, -0.2) is 34.4 Å². The number of phenolic OH excluding ortho intramolecular Hbond substituents is 1. The lowest BCUT2D eigenvalue weighted by Gasteiger charge is -2.18. The predicted octanol–water partition coefficient (Wildman–Crippen LogP) is 0.0429. The van der Waals surface area contributed by atoms with Crippen molar-refractivity contribution in [2.75, 3.05) is 7.11 Å². The normalized spacial score (nSPS) is 14.1. The van der Waals surface area contributed by atoms with Crippen molar-refractivity contribution in [2.24, 2.45) is 5.73 Å². The average Bonchev–Trinajstić information content (AvgIpc) is 2.29. The molecule has 2 atom stereocenters. The molecule has 1 rings (SSSR count). The quantitative estimate of drug-likeness (QED) is 0.627. The van der Waals surface area contributed by atoms with E-state index in [-0.39, 0.29) is 17.1 Å². The summed E-state index contributed by atoms with van der Waals surface area (Å²) < 4.78 is 5.38. The zero-order valence-electron chi connectivity index (χ0n) is 8.92. The van der Waals surface area contributed by atoms with Crippen LogP contribution in [0.5, 0.6) is 11.5 Å². The van der Waals surface area contributed by atoms with Crippen molar-refractivity contribution < 1.29 is 24.9 Å². The van der Waals surface area contributed by atoms with Crippen LogP contribution in [0.2, 0.25) is 0 Å². The topological polar surface area (TPSA) is 113 Å². The van der Waals surface area contributed by atoms with Crippen molar-refractivity contribution in [3.05, 3.63) is 22.2 Å². The molecule has 0 aliphatic heterocycles. The number of aliphatic hydroxyl groups excluding tert-OH is 2. The van der Waals surface area contributed by atoms with E-state index in [1.807, 2.05) is 0 Å². The number of carbonyl (C=O) groups excluding carboxylic acids is 1. The van der Waals surface area contributed by atoms with E-state index in [1.54, 1.807) is 0 Å². The van der Waals surface area contributed by atoms with Crippen LogP contribution in [0.3, 0.4) is 0 Å². The zero-order valence-corrected chi connectivity index (χ0v) is 10.5. The molecule has 0 spiro atoms. The van der Waals surface area contributed by atoms with Gasteiger partial charge in [-0.05, 0) is 12.1 Å². The van der Waals surface area contributed by atoms with E-state index in [1.165, 1.54) is 19.2 Å². The fourth-order valence-electron chi connectivity index (χ4n) is 1.30. The van der Waals surface area contributed by atoms with E-state index in [4.69, 9.17) is 10.5 Å². The number of nitrogens with two attached hydrogens (primary N) is 1. The van der Waals surface area contributed by atoms with E-state index in [0.29, 0.717) is 4.47 Å². The lowest BCUT2D eigenvalue weighted by atomic mass is 10.0. The van der Waals surface area contributed by atoms with Crippen molar-refractivity contribution in [3.8, 4) is 11.5 Å². The first-order chi connectivity index (χ1) is 7.88. The molecule has 1 amide bonds. The molecule has 1 aromatic rings. The number of primary amides is 1. The molecule has 0 bridgehead atoms. The number of ether oxygens (including phenoxy) is 1. The molecular weight excluding hydrogens is 294 g/mol. The molecule has 0 radical (unpaired) electrons. The Morgan fingerprint density at radius 2 is 2.06 bits per heavy atom. The monoisotopic (exact) mass is 305 g/mol. The van der Waals surface area contributed by atoms with Gasteiger partial charge in [-0.25, -0.2) is 0 Å². The molecule has 0 saturated heterocycles. The van der Waals surface area contributed by atoms with Crippen molar-refractivity contribution >= 4 is 21.8 Å². The molecule has 7 heteroatoms. The number of methoxy groups -OCH3 is 1. The Balaban J connectivity index is 3.21. The van der Waals surface area contributed by atoms with Crippen molar-refractivity contribution in [3.63, 3.8) is 0 Å². The first kappa shape index (κ1) is 13.8. The van der Waals surface area contributed by atoms with E-state index in [2.05, 4.69) is 15.9 Å². The second-order valence-electron chi connectivity index (χ2n) is 3.34. The lowest BCUT2D eigenvalue weighted by Crippen LogP contribution is -2.33. The smallest absolute Gasteiger partial charge is 0.249 e. The molecule has 5 N–H and O–H groups in total. The number of benzene rings is 1. The van der Waals surface area contributed by atoms with Gasteiger partial charge in [0.05, 0.1) is 7.11 Å². The number of aromatic hydroxyl groups is 1. The first-order valence-electron chi connectivity index (χ1n) is 4.60. The molecule has 6 nitrogen and oxygen atoms in total. The summed E-state index contributed by atoms with van der Waals surface area (Å²) in [6.07, 6.45) is -3.43. The van der Waals surface area contributed by atoms with Crippen LogP contribution in [0, 0.1) is 0 Å². The number of halogens is 1. The summed E-state index contributed by atoms with van der Waals surface area (Å²) in [6, 6.07) is 2.83. The highest BCUT2D eigenvalue weighted by molar-refractivity contribution is 9.10. The van der Waals surface area contributed by atoms with Gasteiger partial charge in [0.2, 0.25) is 5.91 Å². The third-order valence-corrected chi connectivity index (χ3v) is 2.66. The molecule has 17 heavy (non-hydrogen) atoms. The molecule has 2 unspecified atom stereocenters. The van der Waals surface area contributed by atoms with Gasteiger partial charge in [0.1, 0.15) is 6.10 Å². The van der Waals surface area contributed by atoms with Gasteiger partial charge in [0.25, 0.3) is 0 Å². The largest absolute Gasteiger partial charge is 0.504 e. The second kappa shape index (κ2) is 5.35. The minimum atomic E-state index is -1.81. The zero-order chi connectivity index (χ0) is 13.2. The third kappa shape index (κ3) is 2.87. The molecule has 94 valence electrons. The number of hydrogen-bond donors (Lipinski definition) is 4. The maximum Gasteiger partial charge on any atom is 0.249 e. The fourth-order valence-corrected chi connectivity index (χ4v) is 1.76. The van der Waals surface area contributed by atoms with E-state index < -0.39 is 18.1 Å². The van der Waals surface area contributed by atoms with Crippen LogP contribution in [-0.2, 0) is 4.79 Å². The third-order valence-electron chi connectivity index (χ3n) is 2.20. The predicted molar refractivity (Wildman–Crippen MR) is 62.5 cm³/mol. The summed E-state index contributed by atoms with van der Waals surface area (Å²) in [7, 11) is 1.34. The second-order valence-corrected chi connectivity index (χ2v) is 4.25. The minimum Gasteiger partial charge on any atom is -0.504 e. The van der Waals surface area contributed by atoms with Gasteiger partial charge < -0.3 is 25.8 Å². The number of rotatable bonds is 4. The molecule has 0 aromatic heterocycles. The van der Waals surface area contributed by atoms with Gasteiger partial charge in [-0.1, -0.05) is 15.9 Å².